The Balaban J connectivity index is 3.17. The lowest BCUT2D eigenvalue weighted by Gasteiger charge is -2.20. The minimum Gasteiger partial charge on any atom is -0.371 e. The molecule has 4 heteroatoms. The van der Waals surface area contributed by atoms with E-state index in [-0.39, 0.29) is 23.3 Å². The van der Waals surface area contributed by atoms with Crippen LogP contribution in [-0.2, 0) is 11.3 Å². The molecule has 0 saturated heterocycles. The van der Waals surface area contributed by atoms with Gasteiger partial charge in [0.2, 0.25) is 0 Å². The molecule has 1 rings (SSSR count). The average Bonchev–Trinajstić information content (AvgIpc) is 2.34. The quantitative estimate of drug-likeness (QED) is 0.794. The number of nitrogens with zero attached hydrogens (tertiary/aromatic N) is 3. The lowest BCUT2D eigenvalue weighted by atomic mass is 10.0. The summed E-state index contributed by atoms with van der Waals surface area (Å²) in [6, 6.07) is 8.85. The summed E-state index contributed by atoms with van der Waals surface area (Å²) in [4.78, 5) is 0. The first kappa shape index (κ1) is 13.7. The summed E-state index contributed by atoms with van der Waals surface area (Å²) in [6.07, 6.45) is 0. The van der Waals surface area contributed by atoms with Gasteiger partial charge in [-0.3, -0.25) is 0 Å². The Labute approximate surface area is 107 Å². The molecule has 0 amide bonds. The topological polar surface area (TPSA) is 80.6 Å². The smallest absolute Gasteiger partial charge is 0.101 e. The molecule has 0 bridgehead atoms. The Morgan fingerprint density at radius 2 is 1.44 bits per heavy atom. The molecule has 0 aliphatic heterocycles. The van der Waals surface area contributed by atoms with Crippen molar-refractivity contribution in [1.82, 2.24) is 0 Å². The zero-order chi connectivity index (χ0) is 13.8. The normalized spacial score (nSPS) is 10.2. The molecule has 0 aliphatic rings. The molecule has 0 aromatic heterocycles. The van der Waals surface area contributed by atoms with Crippen molar-refractivity contribution in [3.05, 3.63) is 34.4 Å². The van der Waals surface area contributed by atoms with Gasteiger partial charge in [0.05, 0.1) is 35.0 Å². The predicted molar refractivity (Wildman–Crippen MR) is 65.1 cm³/mol. The standard InChI is InChI=1S/C14H13N3O/c1-14(2,3)18-9-13-5-11(7-16)10(6-15)4-12(13)8-17/h4-5H,9H2,1-3H3. The van der Waals surface area contributed by atoms with E-state index in [0.29, 0.717) is 11.1 Å². The average molecular weight is 239 g/mol. The molecular formula is C14H13N3O. The highest BCUT2D eigenvalue weighted by Crippen LogP contribution is 2.19. The summed E-state index contributed by atoms with van der Waals surface area (Å²) in [5.74, 6) is 0. The fraction of sp³-hybridized carbons (Fsp3) is 0.357. The van der Waals surface area contributed by atoms with E-state index in [9.17, 15) is 0 Å². The van der Waals surface area contributed by atoms with Crippen molar-refractivity contribution in [3.63, 3.8) is 0 Å². The molecule has 90 valence electrons. The van der Waals surface area contributed by atoms with Crippen LogP contribution in [0.15, 0.2) is 12.1 Å². The second kappa shape index (κ2) is 5.32. The summed E-state index contributed by atoms with van der Waals surface area (Å²) in [6.45, 7) is 5.97. The van der Waals surface area contributed by atoms with Crippen molar-refractivity contribution in [3.8, 4) is 18.2 Å². The van der Waals surface area contributed by atoms with E-state index in [1.807, 2.05) is 39.0 Å². The molecule has 0 unspecified atom stereocenters. The van der Waals surface area contributed by atoms with Crippen molar-refractivity contribution >= 4 is 0 Å². The van der Waals surface area contributed by atoms with E-state index in [4.69, 9.17) is 20.5 Å². The fourth-order valence-corrected chi connectivity index (χ4v) is 1.35. The zero-order valence-electron chi connectivity index (χ0n) is 10.6. The maximum Gasteiger partial charge on any atom is 0.101 e. The first-order valence-corrected chi connectivity index (χ1v) is 5.42. The van der Waals surface area contributed by atoms with E-state index >= 15 is 0 Å². The van der Waals surface area contributed by atoms with Crippen LogP contribution in [0, 0.1) is 34.0 Å². The molecule has 0 saturated carbocycles. The highest BCUT2D eigenvalue weighted by atomic mass is 16.5. The third-order valence-electron chi connectivity index (χ3n) is 2.27. The van der Waals surface area contributed by atoms with Crippen LogP contribution in [-0.4, -0.2) is 5.60 Å². The minimum absolute atomic E-state index is 0.216. The number of hydrogen-bond donors (Lipinski definition) is 0. The second-order valence-electron chi connectivity index (χ2n) is 4.79. The first-order chi connectivity index (χ1) is 8.41. The van der Waals surface area contributed by atoms with Gasteiger partial charge in [-0.2, -0.15) is 15.8 Å². The lowest BCUT2D eigenvalue weighted by Crippen LogP contribution is -2.19. The Bertz CT molecular complexity index is 577. The Morgan fingerprint density at radius 3 is 1.89 bits per heavy atom. The minimum atomic E-state index is -0.326. The predicted octanol–water partition coefficient (Wildman–Crippen LogP) is 2.62. The van der Waals surface area contributed by atoms with Gasteiger partial charge in [-0.05, 0) is 38.5 Å². The van der Waals surface area contributed by atoms with Crippen molar-refractivity contribution < 1.29 is 4.74 Å². The van der Waals surface area contributed by atoms with Gasteiger partial charge in [-0.25, -0.2) is 0 Å². The van der Waals surface area contributed by atoms with Crippen LogP contribution in [0.5, 0.6) is 0 Å². The molecule has 0 aliphatic carbocycles. The number of ether oxygens (including phenoxy) is 1. The van der Waals surface area contributed by atoms with Crippen LogP contribution < -0.4 is 0 Å². The zero-order valence-corrected chi connectivity index (χ0v) is 10.6. The van der Waals surface area contributed by atoms with Crippen molar-refractivity contribution in [2.24, 2.45) is 0 Å². The molecule has 4 nitrogen and oxygen atoms in total. The largest absolute Gasteiger partial charge is 0.371 e. The number of rotatable bonds is 2. The molecule has 18 heavy (non-hydrogen) atoms. The Kier molecular flexibility index (Phi) is 4.05. The SMILES string of the molecule is CC(C)(C)OCc1cc(C#N)c(C#N)cc1C#N. The van der Waals surface area contributed by atoms with Crippen LogP contribution >= 0.6 is 0 Å². The third-order valence-corrected chi connectivity index (χ3v) is 2.27. The van der Waals surface area contributed by atoms with E-state index < -0.39 is 0 Å². The van der Waals surface area contributed by atoms with Crippen molar-refractivity contribution in [1.29, 1.82) is 15.8 Å². The lowest BCUT2D eigenvalue weighted by molar-refractivity contribution is -0.0150. The Hall–Kier alpha value is -2.35. The molecule has 0 N–H and O–H groups in total. The van der Waals surface area contributed by atoms with Gasteiger partial charge in [-0.1, -0.05) is 0 Å². The van der Waals surface area contributed by atoms with E-state index in [0.717, 1.165) is 0 Å². The van der Waals surface area contributed by atoms with Crippen LogP contribution in [0.1, 0.15) is 43.0 Å². The number of benzene rings is 1. The summed E-state index contributed by atoms with van der Waals surface area (Å²) in [5.41, 5.74) is 1.16. The number of nitriles is 3. The van der Waals surface area contributed by atoms with Crippen molar-refractivity contribution in [2.75, 3.05) is 0 Å². The molecular weight excluding hydrogens is 226 g/mol. The highest BCUT2D eigenvalue weighted by Gasteiger charge is 2.14. The number of hydrogen-bond acceptors (Lipinski definition) is 4. The van der Waals surface area contributed by atoms with Gasteiger partial charge < -0.3 is 4.74 Å². The second-order valence-corrected chi connectivity index (χ2v) is 4.79. The molecule has 1 aromatic rings. The van der Waals surface area contributed by atoms with Crippen LogP contribution in [0.25, 0.3) is 0 Å². The van der Waals surface area contributed by atoms with Crippen LogP contribution in [0.2, 0.25) is 0 Å². The van der Waals surface area contributed by atoms with Gasteiger partial charge in [0.25, 0.3) is 0 Å². The highest BCUT2D eigenvalue weighted by molar-refractivity contribution is 5.53. The summed E-state index contributed by atoms with van der Waals surface area (Å²) < 4.78 is 5.59. The van der Waals surface area contributed by atoms with Gasteiger partial charge in [0.1, 0.15) is 12.1 Å². The third kappa shape index (κ3) is 3.32. The fourth-order valence-electron chi connectivity index (χ4n) is 1.35. The molecule has 0 radical (unpaired) electrons. The first-order valence-electron chi connectivity index (χ1n) is 5.42. The summed E-state index contributed by atoms with van der Waals surface area (Å²) >= 11 is 0. The van der Waals surface area contributed by atoms with Gasteiger partial charge in [-0.15, -0.1) is 0 Å². The maximum atomic E-state index is 9.03. The van der Waals surface area contributed by atoms with E-state index in [2.05, 4.69) is 0 Å². The van der Waals surface area contributed by atoms with E-state index in [1.54, 1.807) is 6.07 Å². The summed E-state index contributed by atoms with van der Waals surface area (Å²) in [5, 5.41) is 26.9. The molecule has 0 atom stereocenters. The molecule has 0 heterocycles. The molecule has 0 fully saturated rings. The molecule has 1 aromatic carbocycles. The van der Waals surface area contributed by atoms with Crippen LogP contribution in [0.3, 0.4) is 0 Å². The van der Waals surface area contributed by atoms with Gasteiger partial charge in [0, 0.05) is 0 Å². The Morgan fingerprint density at radius 1 is 0.944 bits per heavy atom. The summed E-state index contributed by atoms with van der Waals surface area (Å²) in [7, 11) is 0. The van der Waals surface area contributed by atoms with E-state index in [1.165, 1.54) is 6.07 Å². The van der Waals surface area contributed by atoms with Gasteiger partial charge >= 0.3 is 0 Å². The van der Waals surface area contributed by atoms with Crippen LogP contribution in [0.4, 0.5) is 0 Å². The van der Waals surface area contributed by atoms with Crippen molar-refractivity contribution in [2.45, 2.75) is 33.0 Å². The maximum absolute atomic E-state index is 9.03. The molecule has 0 spiro atoms. The monoisotopic (exact) mass is 239 g/mol. The van der Waals surface area contributed by atoms with Gasteiger partial charge in [0.15, 0.2) is 0 Å².